The number of rotatable bonds is 5. The van der Waals surface area contributed by atoms with Crippen molar-refractivity contribution < 1.29 is 9.52 Å². The first-order valence-electron chi connectivity index (χ1n) is 5.94. The molecule has 2 aromatic rings. The van der Waals surface area contributed by atoms with Crippen LogP contribution in [-0.2, 0) is 4.79 Å². The van der Waals surface area contributed by atoms with Crippen LogP contribution in [0.1, 0.15) is 0 Å². The highest BCUT2D eigenvalue weighted by atomic mass is 32.2. The van der Waals surface area contributed by atoms with Gasteiger partial charge in [0.25, 0.3) is 5.03 Å². The lowest BCUT2D eigenvalue weighted by Gasteiger charge is -2.06. The number of pyridine rings is 1. The van der Waals surface area contributed by atoms with Gasteiger partial charge in [-0.25, -0.2) is 0 Å². The Labute approximate surface area is 126 Å². The summed E-state index contributed by atoms with van der Waals surface area (Å²) < 4.78 is 0.756. The van der Waals surface area contributed by atoms with Crippen molar-refractivity contribution in [2.75, 3.05) is 17.3 Å². The van der Waals surface area contributed by atoms with Crippen molar-refractivity contribution in [1.29, 1.82) is 0 Å². The van der Waals surface area contributed by atoms with Crippen molar-refractivity contribution in [1.82, 2.24) is 0 Å². The Balaban J connectivity index is 1.91. The summed E-state index contributed by atoms with van der Waals surface area (Å²) in [6.07, 6.45) is 3.40. The van der Waals surface area contributed by atoms with Gasteiger partial charge in [-0.3, -0.25) is 4.79 Å². The normalized spacial score (nSPS) is 10.2. The third-order valence-corrected chi connectivity index (χ3v) is 4.24. The molecule has 1 aromatic heterocycles. The fraction of sp³-hybridized carbons (Fsp3) is 0.143. The molecule has 2 rings (SSSR count). The van der Waals surface area contributed by atoms with Gasteiger partial charge in [-0.15, -0.1) is 11.8 Å². The lowest BCUT2D eigenvalue weighted by molar-refractivity contribution is -0.645. The second kappa shape index (κ2) is 7.21. The van der Waals surface area contributed by atoms with Crippen molar-refractivity contribution in [3.05, 3.63) is 53.9 Å². The summed E-state index contributed by atoms with van der Waals surface area (Å²) >= 11 is 2.84. The summed E-state index contributed by atoms with van der Waals surface area (Å²) in [7, 11) is 0. The summed E-state index contributed by atoms with van der Waals surface area (Å²) in [5, 5.41) is 14.8. The first kappa shape index (κ1) is 14.7. The van der Waals surface area contributed by atoms with E-state index in [0.29, 0.717) is 5.03 Å². The Hall–Kier alpha value is -1.66. The van der Waals surface area contributed by atoms with E-state index in [1.165, 1.54) is 18.0 Å². The standard InChI is InChI=1S/C14H14N2O2S2/c1-19-12-6-4-5-11(9-12)15-13(17)10-20-14-7-2-3-8-16(14)18/h2-9H,10H2,1H3,(H,15,17). The molecule has 0 spiro atoms. The van der Waals surface area contributed by atoms with Crippen LogP contribution in [0.3, 0.4) is 0 Å². The number of nitrogens with one attached hydrogen (secondary N) is 1. The Kier molecular flexibility index (Phi) is 5.31. The van der Waals surface area contributed by atoms with E-state index in [1.54, 1.807) is 30.0 Å². The molecule has 0 atom stereocenters. The second-order valence-corrected chi connectivity index (χ2v) is 5.81. The summed E-state index contributed by atoms with van der Waals surface area (Å²) in [5.41, 5.74) is 0.769. The highest BCUT2D eigenvalue weighted by Gasteiger charge is 2.09. The predicted octanol–water partition coefficient (Wildman–Crippen LogP) is 2.77. The van der Waals surface area contributed by atoms with Gasteiger partial charge < -0.3 is 10.5 Å². The van der Waals surface area contributed by atoms with Gasteiger partial charge in [-0.1, -0.05) is 6.07 Å². The summed E-state index contributed by atoms with van der Waals surface area (Å²) in [4.78, 5) is 12.9. The number of benzene rings is 1. The average Bonchev–Trinajstić information content (AvgIpc) is 2.46. The number of nitrogens with zero attached hydrogens (tertiary/aromatic N) is 1. The van der Waals surface area contributed by atoms with E-state index >= 15 is 0 Å². The van der Waals surface area contributed by atoms with Crippen molar-refractivity contribution in [2.24, 2.45) is 0 Å². The van der Waals surface area contributed by atoms with Crippen LogP contribution in [0.15, 0.2) is 58.6 Å². The smallest absolute Gasteiger partial charge is 0.251 e. The largest absolute Gasteiger partial charge is 0.618 e. The molecule has 0 unspecified atom stereocenters. The minimum absolute atomic E-state index is 0.128. The molecule has 1 amide bonds. The van der Waals surface area contributed by atoms with Gasteiger partial charge in [0.15, 0.2) is 6.20 Å². The van der Waals surface area contributed by atoms with E-state index in [4.69, 9.17) is 0 Å². The molecular weight excluding hydrogens is 292 g/mol. The monoisotopic (exact) mass is 306 g/mol. The SMILES string of the molecule is CSc1cccc(NC(=O)CSc2cccc[n+]2[O-])c1. The van der Waals surface area contributed by atoms with E-state index < -0.39 is 0 Å². The number of carbonyl (C=O) groups is 1. The van der Waals surface area contributed by atoms with Crippen LogP contribution in [0.25, 0.3) is 0 Å². The van der Waals surface area contributed by atoms with Crippen LogP contribution in [-0.4, -0.2) is 17.9 Å². The maximum Gasteiger partial charge on any atom is 0.251 e. The van der Waals surface area contributed by atoms with Crippen molar-refractivity contribution in [3.63, 3.8) is 0 Å². The number of thioether (sulfide) groups is 2. The minimum Gasteiger partial charge on any atom is -0.618 e. The molecule has 0 aliphatic carbocycles. The van der Waals surface area contributed by atoms with E-state index in [9.17, 15) is 10.0 Å². The number of aromatic nitrogens is 1. The zero-order valence-electron chi connectivity index (χ0n) is 10.9. The third kappa shape index (κ3) is 4.18. The van der Waals surface area contributed by atoms with Gasteiger partial charge in [0.1, 0.15) is 0 Å². The topological polar surface area (TPSA) is 56.0 Å². The first-order chi connectivity index (χ1) is 9.69. The van der Waals surface area contributed by atoms with Crippen LogP contribution >= 0.6 is 23.5 Å². The lowest BCUT2D eigenvalue weighted by atomic mass is 10.3. The number of amides is 1. The molecule has 1 N–H and O–H groups in total. The van der Waals surface area contributed by atoms with Crippen LogP contribution < -0.4 is 10.0 Å². The first-order valence-corrected chi connectivity index (χ1v) is 8.15. The van der Waals surface area contributed by atoms with E-state index in [2.05, 4.69) is 5.32 Å². The molecule has 0 radical (unpaired) electrons. The summed E-state index contributed by atoms with van der Waals surface area (Å²) in [6, 6.07) is 12.8. The molecule has 4 nitrogen and oxygen atoms in total. The molecule has 1 aromatic carbocycles. The molecule has 0 aliphatic heterocycles. The lowest BCUT2D eigenvalue weighted by Crippen LogP contribution is -2.28. The molecule has 20 heavy (non-hydrogen) atoms. The van der Waals surface area contributed by atoms with Crippen LogP contribution in [0.2, 0.25) is 0 Å². The van der Waals surface area contributed by atoms with Gasteiger partial charge in [-0.2, -0.15) is 4.73 Å². The van der Waals surface area contributed by atoms with Crippen molar-refractivity contribution >= 4 is 35.1 Å². The van der Waals surface area contributed by atoms with Gasteiger partial charge in [0.05, 0.1) is 5.75 Å². The molecule has 0 saturated heterocycles. The zero-order chi connectivity index (χ0) is 14.4. The van der Waals surface area contributed by atoms with Gasteiger partial charge in [0.2, 0.25) is 5.91 Å². The van der Waals surface area contributed by atoms with Gasteiger partial charge in [0, 0.05) is 22.7 Å². The molecular formula is C14H14N2O2S2. The number of carbonyl (C=O) groups excluding carboxylic acids is 1. The molecule has 0 saturated carbocycles. The maximum absolute atomic E-state index is 11.8. The summed E-state index contributed by atoms with van der Waals surface area (Å²) in [5.74, 6) is 0.0764. The fourth-order valence-electron chi connectivity index (χ4n) is 1.56. The molecule has 0 fully saturated rings. The molecule has 0 aliphatic rings. The quantitative estimate of drug-likeness (QED) is 0.524. The number of anilines is 1. The van der Waals surface area contributed by atoms with E-state index in [1.807, 2.05) is 30.5 Å². The second-order valence-electron chi connectivity index (χ2n) is 3.93. The number of hydrogen-bond donors (Lipinski definition) is 1. The van der Waals surface area contributed by atoms with Gasteiger partial charge >= 0.3 is 0 Å². The fourth-order valence-corrected chi connectivity index (χ4v) is 2.74. The van der Waals surface area contributed by atoms with Crippen molar-refractivity contribution in [3.8, 4) is 0 Å². The Morgan fingerprint density at radius 2 is 2.15 bits per heavy atom. The molecule has 6 heteroatoms. The van der Waals surface area contributed by atoms with E-state index in [-0.39, 0.29) is 11.7 Å². The Morgan fingerprint density at radius 3 is 2.90 bits per heavy atom. The zero-order valence-corrected chi connectivity index (χ0v) is 12.5. The number of hydrogen-bond acceptors (Lipinski definition) is 4. The van der Waals surface area contributed by atoms with Crippen LogP contribution in [0.4, 0.5) is 5.69 Å². The van der Waals surface area contributed by atoms with E-state index in [0.717, 1.165) is 15.3 Å². The third-order valence-electron chi connectivity index (χ3n) is 2.49. The molecule has 0 bridgehead atoms. The van der Waals surface area contributed by atoms with Crippen LogP contribution in [0, 0.1) is 5.21 Å². The maximum atomic E-state index is 11.8. The highest BCUT2D eigenvalue weighted by Crippen LogP contribution is 2.19. The highest BCUT2D eigenvalue weighted by molar-refractivity contribution is 7.99. The minimum atomic E-state index is -0.128. The Bertz CT molecular complexity index is 605. The average molecular weight is 306 g/mol. The van der Waals surface area contributed by atoms with Crippen LogP contribution in [0.5, 0.6) is 0 Å². The predicted molar refractivity (Wildman–Crippen MR) is 83.0 cm³/mol. The summed E-state index contributed by atoms with van der Waals surface area (Å²) in [6.45, 7) is 0. The van der Waals surface area contributed by atoms with Gasteiger partial charge in [-0.05, 0) is 42.3 Å². The molecule has 1 heterocycles. The molecule has 104 valence electrons. The van der Waals surface area contributed by atoms with Crippen molar-refractivity contribution in [2.45, 2.75) is 9.92 Å². The Morgan fingerprint density at radius 1 is 1.30 bits per heavy atom.